The van der Waals surface area contributed by atoms with Crippen molar-refractivity contribution in [3.8, 4) is 5.75 Å². The van der Waals surface area contributed by atoms with Crippen molar-refractivity contribution in [3.63, 3.8) is 0 Å². The first kappa shape index (κ1) is 21.0. The third-order valence-electron chi connectivity index (χ3n) is 4.97. The highest BCUT2D eigenvalue weighted by molar-refractivity contribution is 5.86. The van der Waals surface area contributed by atoms with Gasteiger partial charge in [0.25, 0.3) is 0 Å². The first-order valence-corrected chi connectivity index (χ1v) is 8.93. The lowest BCUT2D eigenvalue weighted by molar-refractivity contribution is -0.286. The summed E-state index contributed by atoms with van der Waals surface area (Å²) < 4.78 is 15.3. The number of esters is 1. The molecule has 1 aliphatic heterocycles. The molecule has 9 heteroatoms. The second-order valence-corrected chi connectivity index (χ2v) is 6.87. The number of benzene rings is 2. The standard InChI is InChI=1S/C20H22O9/c1-9(10-3-4-12-8-13(27-2)6-5-11(12)7-10)19(26)29-20-16(23)14(21)15(22)17(28-20)18(24)25/h3-9,14-17,20-23H,1-2H3,(H,24,25)/t9-,14-,15-,16+,17-,20+/m0/s1. The number of ether oxygens (including phenoxy) is 3. The Morgan fingerprint density at radius 2 is 1.66 bits per heavy atom. The van der Waals surface area contributed by atoms with Crippen molar-refractivity contribution >= 4 is 22.7 Å². The summed E-state index contributed by atoms with van der Waals surface area (Å²) in [6.45, 7) is 1.59. The van der Waals surface area contributed by atoms with Crippen LogP contribution in [0, 0.1) is 0 Å². The number of aliphatic hydroxyl groups excluding tert-OH is 3. The molecule has 2 aromatic carbocycles. The molecule has 0 aromatic heterocycles. The van der Waals surface area contributed by atoms with Crippen LogP contribution in [-0.4, -0.2) is 70.2 Å². The van der Waals surface area contributed by atoms with Gasteiger partial charge in [0.05, 0.1) is 13.0 Å². The molecule has 156 valence electrons. The molecule has 9 nitrogen and oxygen atoms in total. The molecule has 0 bridgehead atoms. The Morgan fingerprint density at radius 1 is 1.00 bits per heavy atom. The molecular weight excluding hydrogens is 384 g/mol. The number of hydrogen-bond donors (Lipinski definition) is 4. The van der Waals surface area contributed by atoms with E-state index in [1.165, 1.54) is 0 Å². The van der Waals surface area contributed by atoms with E-state index in [-0.39, 0.29) is 0 Å². The van der Waals surface area contributed by atoms with E-state index in [0.29, 0.717) is 11.3 Å². The van der Waals surface area contributed by atoms with Crippen LogP contribution in [0.1, 0.15) is 18.4 Å². The molecule has 4 N–H and O–H groups in total. The van der Waals surface area contributed by atoms with Gasteiger partial charge in [0, 0.05) is 0 Å². The molecular formula is C20H22O9. The zero-order valence-corrected chi connectivity index (χ0v) is 15.8. The van der Waals surface area contributed by atoms with Crippen molar-refractivity contribution in [2.24, 2.45) is 0 Å². The second kappa shape index (κ2) is 8.34. The van der Waals surface area contributed by atoms with Crippen LogP contribution in [-0.2, 0) is 19.1 Å². The first-order valence-electron chi connectivity index (χ1n) is 8.93. The van der Waals surface area contributed by atoms with Gasteiger partial charge in [-0.25, -0.2) is 4.79 Å². The quantitative estimate of drug-likeness (QED) is 0.518. The van der Waals surface area contributed by atoms with Gasteiger partial charge < -0.3 is 34.6 Å². The maximum Gasteiger partial charge on any atom is 0.335 e. The van der Waals surface area contributed by atoms with E-state index in [0.717, 1.165) is 10.8 Å². The van der Waals surface area contributed by atoms with Crippen LogP contribution in [0.15, 0.2) is 36.4 Å². The van der Waals surface area contributed by atoms with Gasteiger partial charge in [-0.05, 0) is 35.4 Å². The highest BCUT2D eigenvalue weighted by Gasteiger charge is 2.48. The number of rotatable bonds is 5. The fourth-order valence-electron chi connectivity index (χ4n) is 3.14. The Kier molecular flexibility index (Phi) is 6.04. The van der Waals surface area contributed by atoms with E-state index in [2.05, 4.69) is 0 Å². The maximum atomic E-state index is 12.5. The van der Waals surface area contributed by atoms with Crippen molar-refractivity contribution in [2.75, 3.05) is 7.11 Å². The fraction of sp³-hybridized carbons (Fsp3) is 0.400. The molecule has 0 unspecified atom stereocenters. The zero-order valence-electron chi connectivity index (χ0n) is 15.8. The number of hydrogen-bond acceptors (Lipinski definition) is 8. The molecule has 1 heterocycles. The van der Waals surface area contributed by atoms with Crippen LogP contribution in [0.25, 0.3) is 10.8 Å². The van der Waals surface area contributed by atoms with Crippen LogP contribution < -0.4 is 4.74 Å². The Bertz CT molecular complexity index is 912. The molecule has 3 rings (SSSR count). The highest BCUT2D eigenvalue weighted by atomic mass is 16.7. The van der Waals surface area contributed by atoms with Crippen LogP contribution in [0.4, 0.5) is 0 Å². The van der Waals surface area contributed by atoms with Gasteiger partial charge in [-0.2, -0.15) is 0 Å². The van der Waals surface area contributed by atoms with E-state index in [9.17, 15) is 24.9 Å². The van der Waals surface area contributed by atoms with E-state index >= 15 is 0 Å². The molecule has 0 amide bonds. The number of aliphatic hydroxyl groups is 3. The third-order valence-corrected chi connectivity index (χ3v) is 4.97. The monoisotopic (exact) mass is 406 g/mol. The lowest BCUT2D eigenvalue weighted by Crippen LogP contribution is -2.60. The minimum absolute atomic E-state index is 0.633. The fourth-order valence-corrected chi connectivity index (χ4v) is 3.14. The average molecular weight is 406 g/mol. The van der Waals surface area contributed by atoms with Gasteiger partial charge in [-0.3, -0.25) is 4.79 Å². The summed E-state index contributed by atoms with van der Waals surface area (Å²) in [5.74, 6) is -2.39. The van der Waals surface area contributed by atoms with Crippen molar-refractivity contribution in [1.82, 2.24) is 0 Å². The van der Waals surface area contributed by atoms with Crippen molar-refractivity contribution in [1.29, 1.82) is 0 Å². The number of fused-ring (bicyclic) bond motifs is 1. The molecule has 0 spiro atoms. The molecule has 1 fully saturated rings. The lowest BCUT2D eigenvalue weighted by atomic mass is 9.97. The topological polar surface area (TPSA) is 143 Å². The van der Waals surface area contributed by atoms with E-state index in [1.54, 1.807) is 32.2 Å². The highest BCUT2D eigenvalue weighted by Crippen LogP contribution is 2.28. The Hall–Kier alpha value is -2.72. The summed E-state index contributed by atoms with van der Waals surface area (Å²) in [5.41, 5.74) is 0.633. The van der Waals surface area contributed by atoms with E-state index in [1.807, 2.05) is 18.2 Å². The number of carboxylic acids is 1. The second-order valence-electron chi connectivity index (χ2n) is 6.87. The largest absolute Gasteiger partial charge is 0.497 e. The summed E-state index contributed by atoms with van der Waals surface area (Å²) in [6, 6.07) is 10.9. The van der Waals surface area contributed by atoms with Gasteiger partial charge in [0.15, 0.2) is 6.10 Å². The van der Waals surface area contributed by atoms with Crippen LogP contribution in [0.3, 0.4) is 0 Å². The number of carboxylic acid groups (broad SMARTS) is 1. The summed E-state index contributed by atoms with van der Waals surface area (Å²) >= 11 is 0. The van der Waals surface area contributed by atoms with Gasteiger partial charge in [0.1, 0.15) is 24.1 Å². The molecule has 0 saturated carbocycles. The van der Waals surface area contributed by atoms with Crippen LogP contribution in [0.5, 0.6) is 5.75 Å². The number of carbonyl (C=O) groups excluding carboxylic acids is 1. The lowest BCUT2D eigenvalue weighted by Gasteiger charge is -2.38. The van der Waals surface area contributed by atoms with E-state index in [4.69, 9.17) is 19.3 Å². The molecule has 2 aromatic rings. The first-order chi connectivity index (χ1) is 13.7. The molecule has 0 radical (unpaired) electrons. The summed E-state index contributed by atoms with van der Waals surface area (Å²) in [6.07, 6.45) is -9.05. The molecule has 29 heavy (non-hydrogen) atoms. The predicted octanol–water partition coefficient (Wildman–Crippen LogP) is 0.387. The number of methoxy groups -OCH3 is 1. The smallest absolute Gasteiger partial charge is 0.335 e. The zero-order chi connectivity index (χ0) is 21.3. The Balaban J connectivity index is 1.76. The minimum atomic E-state index is -1.85. The molecule has 1 aliphatic rings. The van der Waals surface area contributed by atoms with Gasteiger partial charge >= 0.3 is 11.9 Å². The van der Waals surface area contributed by atoms with Crippen LogP contribution in [0.2, 0.25) is 0 Å². The maximum absolute atomic E-state index is 12.5. The Morgan fingerprint density at radius 3 is 2.31 bits per heavy atom. The number of aliphatic carboxylic acids is 1. The Labute approximate surface area is 166 Å². The molecule has 6 atom stereocenters. The molecule has 0 aliphatic carbocycles. The molecule has 1 saturated heterocycles. The van der Waals surface area contributed by atoms with Crippen molar-refractivity contribution in [3.05, 3.63) is 42.0 Å². The predicted molar refractivity (Wildman–Crippen MR) is 99.3 cm³/mol. The minimum Gasteiger partial charge on any atom is -0.497 e. The summed E-state index contributed by atoms with van der Waals surface area (Å²) in [4.78, 5) is 23.7. The number of carbonyl (C=O) groups is 2. The van der Waals surface area contributed by atoms with Crippen LogP contribution >= 0.6 is 0 Å². The van der Waals surface area contributed by atoms with E-state index < -0.39 is 48.6 Å². The van der Waals surface area contributed by atoms with Crippen molar-refractivity contribution in [2.45, 2.75) is 43.5 Å². The van der Waals surface area contributed by atoms with Gasteiger partial charge in [-0.15, -0.1) is 0 Å². The summed E-state index contributed by atoms with van der Waals surface area (Å²) in [7, 11) is 1.57. The SMILES string of the molecule is COc1ccc2cc([C@H](C)C(=O)O[C@H]3O[C@H](C(=O)O)[C@@H](O)[C@H](O)[C@H]3O)ccc2c1. The van der Waals surface area contributed by atoms with Gasteiger partial charge in [0.2, 0.25) is 6.29 Å². The van der Waals surface area contributed by atoms with Gasteiger partial charge in [-0.1, -0.05) is 24.3 Å². The summed E-state index contributed by atoms with van der Waals surface area (Å²) in [5, 5.41) is 40.3. The normalized spacial score (nSPS) is 28.0. The van der Waals surface area contributed by atoms with Crippen molar-refractivity contribution < 1.29 is 44.2 Å². The third kappa shape index (κ3) is 4.18. The average Bonchev–Trinajstić information content (AvgIpc) is 2.72.